The fraction of sp³-hybridized carbons (Fsp3) is 0.125. The minimum absolute atomic E-state index is 0.0357. The summed E-state index contributed by atoms with van der Waals surface area (Å²) >= 11 is 5.99. The van der Waals surface area contributed by atoms with Crippen LogP contribution >= 0.6 is 11.6 Å². The molecule has 0 aromatic heterocycles. The predicted molar refractivity (Wildman–Crippen MR) is 92.4 cm³/mol. The van der Waals surface area contributed by atoms with E-state index >= 15 is 0 Å². The smallest absolute Gasteiger partial charge is 0.427 e. The van der Waals surface area contributed by atoms with Gasteiger partial charge in [-0.2, -0.15) is 5.10 Å². The molecule has 0 saturated carbocycles. The number of hydrogen-bond acceptors (Lipinski definition) is 6. The van der Waals surface area contributed by atoms with Crippen LogP contribution in [0.2, 0.25) is 5.02 Å². The van der Waals surface area contributed by atoms with E-state index in [1.165, 1.54) is 18.3 Å². The van der Waals surface area contributed by atoms with E-state index in [0.29, 0.717) is 16.3 Å². The van der Waals surface area contributed by atoms with Crippen LogP contribution in [-0.4, -0.2) is 23.8 Å². The first-order valence-corrected chi connectivity index (χ1v) is 7.55. The summed E-state index contributed by atoms with van der Waals surface area (Å²) in [6.07, 6.45) is 0.537. The van der Waals surface area contributed by atoms with Crippen molar-refractivity contribution in [3.05, 3.63) is 63.2 Å². The molecule has 1 amide bonds. The highest BCUT2D eigenvalue weighted by Gasteiger charge is 2.17. The predicted octanol–water partition coefficient (Wildman–Crippen LogP) is 4.12. The van der Waals surface area contributed by atoms with Crippen LogP contribution in [0, 0.1) is 10.1 Å². The molecule has 0 saturated heterocycles. The van der Waals surface area contributed by atoms with Crippen LogP contribution in [0.25, 0.3) is 0 Å². The Bertz CT molecular complexity index is 810. The number of benzene rings is 2. The van der Waals surface area contributed by atoms with Gasteiger partial charge in [0.1, 0.15) is 5.75 Å². The third-order valence-electron chi connectivity index (χ3n) is 2.88. The van der Waals surface area contributed by atoms with Crippen molar-refractivity contribution in [2.75, 3.05) is 6.61 Å². The molecule has 25 heavy (non-hydrogen) atoms. The van der Waals surface area contributed by atoms with Gasteiger partial charge in [0.25, 0.3) is 0 Å². The number of rotatable bonds is 6. The molecule has 0 atom stereocenters. The molecular formula is C16H14ClN3O5. The second kappa shape index (κ2) is 8.65. The Morgan fingerprint density at radius 3 is 2.76 bits per heavy atom. The fourth-order valence-corrected chi connectivity index (χ4v) is 1.99. The monoisotopic (exact) mass is 363 g/mol. The van der Waals surface area contributed by atoms with Crippen LogP contribution < -0.4 is 10.2 Å². The van der Waals surface area contributed by atoms with E-state index in [4.69, 9.17) is 16.3 Å². The summed E-state index contributed by atoms with van der Waals surface area (Å²) in [4.78, 5) is 21.8. The number of hydrazone groups is 1. The summed E-state index contributed by atoms with van der Waals surface area (Å²) in [5.74, 6) is 0.339. The highest BCUT2D eigenvalue weighted by Crippen LogP contribution is 2.34. The van der Waals surface area contributed by atoms with Crippen molar-refractivity contribution in [2.24, 2.45) is 5.10 Å². The van der Waals surface area contributed by atoms with Crippen molar-refractivity contribution in [1.82, 2.24) is 5.43 Å². The Hall–Kier alpha value is -3.13. The second-order valence-electron chi connectivity index (χ2n) is 4.61. The number of nitrogens with one attached hydrogen (secondary N) is 1. The Morgan fingerprint density at radius 2 is 2.08 bits per heavy atom. The second-order valence-corrected chi connectivity index (χ2v) is 5.01. The Kier molecular flexibility index (Phi) is 6.30. The standard InChI is InChI=1S/C16H14ClN3O5/c1-2-24-16(21)19-18-10-11-7-8-15(13(9-11)20(22)23)25-14-6-4-3-5-12(14)17/h3-10H,2H2,1H3,(H,19,21)/b18-10+. The maximum atomic E-state index is 11.3. The molecule has 0 radical (unpaired) electrons. The molecule has 0 aliphatic rings. The van der Waals surface area contributed by atoms with Crippen LogP contribution in [0.4, 0.5) is 10.5 Å². The highest BCUT2D eigenvalue weighted by molar-refractivity contribution is 6.32. The number of nitro groups is 1. The minimum Gasteiger partial charge on any atom is -0.449 e. The molecule has 0 fully saturated rings. The number of nitrogens with zero attached hydrogens (tertiary/aromatic N) is 2. The first-order valence-electron chi connectivity index (χ1n) is 7.18. The van der Waals surface area contributed by atoms with Gasteiger partial charge in [-0.05, 0) is 31.2 Å². The fourth-order valence-electron chi connectivity index (χ4n) is 1.81. The van der Waals surface area contributed by atoms with E-state index in [9.17, 15) is 14.9 Å². The normalized spacial score (nSPS) is 10.5. The number of nitro benzene ring substituents is 1. The number of para-hydroxylation sites is 1. The zero-order chi connectivity index (χ0) is 18.2. The molecule has 0 aliphatic heterocycles. The third-order valence-corrected chi connectivity index (χ3v) is 3.19. The zero-order valence-corrected chi connectivity index (χ0v) is 13.9. The van der Waals surface area contributed by atoms with Gasteiger partial charge in [-0.3, -0.25) is 10.1 Å². The third kappa shape index (κ3) is 5.18. The summed E-state index contributed by atoms with van der Waals surface area (Å²) in [5, 5.41) is 15.3. The SMILES string of the molecule is CCOC(=O)N/N=C/c1ccc(Oc2ccccc2Cl)c([N+](=O)[O-])c1. The topological polar surface area (TPSA) is 103 Å². The van der Waals surface area contributed by atoms with Gasteiger partial charge >= 0.3 is 11.8 Å². The summed E-state index contributed by atoms with van der Waals surface area (Å²) in [5.41, 5.74) is 2.27. The average molecular weight is 364 g/mol. The molecule has 2 rings (SSSR count). The Morgan fingerprint density at radius 1 is 1.32 bits per heavy atom. The van der Waals surface area contributed by atoms with Crippen molar-refractivity contribution in [1.29, 1.82) is 0 Å². The number of ether oxygens (including phenoxy) is 2. The van der Waals surface area contributed by atoms with Gasteiger partial charge in [0, 0.05) is 11.6 Å². The van der Waals surface area contributed by atoms with Crippen molar-refractivity contribution in [3.63, 3.8) is 0 Å². The van der Waals surface area contributed by atoms with E-state index in [0.717, 1.165) is 0 Å². The van der Waals surface area contributed by atoms with Crippen LogP contribution in [0.5, 0.6) is 11.5 Å². The summed E-state index contributed by atoms with van der Waals surface area (Å²) < 4.78 is 10.2. The maximum absolute atomic E-state index is 11.3. The summed E-state index contributed by atoms with van der Waals surface area (Å²) in [6, 6.07) is 10.9. The summed E-state index contributed by atoms with van der Waals surface area (Å²) in [6.45, 7) is 1.87. The maximum Gasteiger partial charge on any atom is 0.427 e. The van der Waals surface area contributed by atoms with Gasteiger partial charge in [0.05, 0.1) is 22.8 Å². The van der Waals surface area contributed by atoms with Crippen LogP contribution in [0.15, 0.2) is 47.6 Å². The van der Waals surface area contributed by atoms with Gasteiger partial charge in [-0.25, -0.2) is 10.2 Å². The number of hydrogen-bond donors (Lipinski definition) is 1. The molecule has 9 heteroatoms. The van der Waals surface area contributed by atoms with E-state index in [1.807, 2.05) is 0 Å². The molecule has 1 N–H and O–H groups in total. The van der Waals surface area contributed by atoms with Gasteiger partial charge in [-0.1, -0.05) is 23.7 Å². The van der Waals surface area contributed by atoms with E-state index in [2.05, 4.69) is 15.3 Å². The number of carbonyl (C=O) groups is 1. The van der Waals surface area contributed by atoms with E-state index < -0.39 is 11.0 Å². The van der Waals surface area contributed by atoms with Gasteiger partial charge in [0.15, 0.2) is 0 Å². The molecule has 0 bridgehead atoms. The lowest BCUT2D eigenvalue weighted by Gasteiger charge is -2.08. The van der Waals surface area contributed by atoms with Crippen LogP contribution in [0.1, 0.15) is 12.5 Å². The summed E-state index contributed by atoms with van der Waals surface area (Å²) in [7, 11) is 0. The molecule has 0 aliphatic carbocycles. The molecular weight excluding hydrogens is 350 g/mol. The number of carbonyl (C=O) groups excluding carboxylic acids is 1. The molecule has 130 valence electrons. The molecule has 8 nitrogen and oxygen atoms in total. The molecule has 2 aromatic rings. The lowest BCUT2D eigenvalue weighted by Crippen LogP contribution is -2.18. The first kappa shape index (κ1) is 18.2. The van der Waals surface area contributed by atoms with Crippen molar-refractivity contribution < 1.29 is 19.2 Å². The Balaban J connectivity index is 2.20. The molecule has 0 unspecified atom stereocenters. The Labute approximate surface area is 148 Å². The molecule has 0 spiro atoms. The first-order chi connectivity index (χ1) is 12.0. The van der Waals surface area contributed by atoms with E-state index in [-0.39, 0.29) is 18.0 Å². The van der Waals surface area contributed by atoms with Gasteiger partial charge < -0.3 is 9.47 Å². The van der Waals surface area contributed by atoms with Gasteiger partial charge in [-0.15, -0.1) is 0 Å². The molecule has 2 aromatic carbocycles. The number of halogens is 1. The van der Waals surface area contributed by atoms with Crippen molar-refractivity contribution in [3.8, 4) is 11.5 Å². The van der Waals surface area contributed by atoms with Crippen LogP contribution in [0.3, 0.4) is 0 Å². The number of amides is 1. The van der Waals surface area contributed by atoms with Crippen LogP contribution in [-0.2, 0) is 4.74 Å². The highest BCUT2D eigenvalue weighted by atomic mass is 35.5. The lowest BCUT2D eigenvalue weighted by molar-refractivity contribution is -0.385. The van der Waals surface area contributed by atoms with Crippen molar-refractivity contribution in [2.45, 2.75) is 6.92 Å². The van der Waals surface area contributed by atoms with Crippen molar-refractivity contribution >= 4 is 29.6 Å². The molecule has 0 heterocycles. The zero-order valence-electron chi connectivity index (χ0n) is 13.1. The largest absolute Gasteiger partial charge is 0.449 e. The van der Waals surface area contributed by atoms with Gasteiger partial charge in [0.2, 0.25) is 5.75 Å². The average Bonchev–Trinajstić information content (AvgIpc) is 2.58. The minimum atomic E-state index is -0.716. The van der Waals surface area contributed by atoms with E-state index in [1.54, 1.807) is 37.3 Å². The quantitative estimate of drug-likeness (QED) is 0.472. The lowest BCUT2D eigenvalue weighted by atomic mass is 10.2.